The van der Waals surface area contributed by atoms with E-state index in [1.165, 1.54) is 11.8 Å². The van der Waals surface area contributed by atoms with Crippen molar-refractivity contribution in [2.75, 3.05) is 4.90 Å². The molecule has 0 aromatic heterocycles. The third-order valence-corrected chi connectivity index (χ3v) is 2.97. The zero-order valence-electron chi connectivity index (χ0n) is 8.61. The van der Waals surface area contributed by atoms with Crippen LogP contribution in [0.25, 0.3) is 0 Å². The Morgan fingerprint density at radius 3 is 2.53 bits per heavy atom. The molecule has 0 radical (unpaired) electrons. The van der Waals surface area contributed by atoms with Gasteiger partial charge >= 0.3 is 0 Å². The van der Waals surface area contributed by atoms with Crippen molar-refractivity contribution in [3.63, 3.8) is 0 Å². The molecule has 3 nitrogen and oxygen atoms in total. The van der Waals surface area contributed by atoms with Gasteiger partial charge in [0.2, 0.25) is 5.91 Å². The van der Waals surface area contributed by atoms with Gasteiger partial charge < -0.3 is 9.69 Å². The highest BCUT2D eigenvalue weighted by Gasteiger charge is 2.19. The largest absolute Gasteiger partial charge is 0.302 e. The molecular formula is C11H12INO2. The number of benzene rings is 1. The summed E-state index contributed by atoms with van der Waals surface area (Å²) in [6.45, 7) is 3.17. The fraction of sp³-hybridized carbons (Fsp3) is 0.273. The van der Waals surface area contributed by atoms with Crippen LogP contribution in [0.2, 0.25) is 0 Å². The van der Waals surface area contributed by atoms with Crippen molar-refractivity contribution >= 4 is 40.5 Å². The van der Waals surface area contributed by atoms with Crippen LogP contribution in [-0.4, -0.2) is 18.2 Å². The topological polar surface area (TPSA) is 37.4 Å². The highest BCUT2D eigenvalue weighted by molar-refractivity contribution is 14.1. The average Bonchev–Trinajstić information content (AvgIpc) is 2.20. The smallest absolute Gasteiger partial charge is 0.224 e. The number of aldehydes is 1. The number of hydrogen-bond donors (Lipinski definition) is 0. The number of carbonyl (C=O) groups is 2. The summed E-state index contributed by atoms with van der Waals surface area (Å²) in [6.07, 6.45) is 0.768. The van der Waals surface area contributed by atoms with E-state index >= 15 is 0 Å². The number of para-hydroxylation sites is 1. The summed E-state index contributed by atoms with van der Waals surface area (Å²) in [5.74, 6) is -0.126. The van der Waals surface area contributed by atoms with Gasteiger partial charge in [0.05, 0.1) is 11.7 Å². The van der Waals surface area contributed by atoms with Crippen molar-refractivity contribution in [3.05, 3.63) is 27.8 Å². The Labute approximate surface area is 103 Å². The number of nitrogens with zero attached hydrogens (tertiary/aromatic N) is 1. The Kier molecular flexibility index (Phi) is 4.26. The first kappa shape index (κ1) is 12.2. The maximum absolute atomic E-state index is 11.5. The number of amides is 1. The molecule has 80 valence electrons. The number of rotatable bonds is 3. The molecule has 15 heavy (non-hydrogen) atoms. The Bertz CT molecular complexity index is 379. The molecule has 1 aromatic rings. The lowest BCUT2D eigenvalue weighted by Crippen LogP contribution is -2.38. The molecule has 0 saturated heterocycles. The minimum absolute atomic E-state index is 0.126. The van der Waals surface area contributed by atoms with E-state index in [1.54, 1.807) is 6.92 Å². The van der Waals surface area contributed by atoms with E-state index in [1.807, 2.05) is 24.3 Å². The molecule has 0 heterocycles. The monoisotopic (exact) mass is 317 g/mol. The minimum Gasteiger partial charge on any atom is -0.302 e. The maximum atomic E-state index is 11.5. The van der Waals surface area contributed by atoms with E-state index in [9.17, 15) is 9.59 Å². The molecule has 1 rings (SSSR count). The van der Waals surface area contributed by atoms with Crippen LogP contribution >= 0.6 is 22.6 Å². The summed E-state index contributed by atoms with van der Waals surface area (Å²) in [5, 5.41) is 0. The third kappa shape index (κ3) is 2.77. The Balaban J connectivity index is 3.15. The van der Waals surface area contributed by atoms with Gasteiger partial charge in [-0.15, -0.1) is 0 Å². The van der Waals surface area contributed by atoms with Gasteiger partial charge in [0.25, 0.3) is 0 Å². The number of halogens is 1. The quantitative estimate of drug-likeness (QED) is 0.633. The fourth-order valence-electron chi connectivity index (χ4n) is 1.38. The van der Waals surface area contributed by atoms with E-state index < -0.39 is 6.04 Å². The van der Waals surface area contributed by atoms with E-state index in [0.29, 0.717) is 0 Å². The number of carbonyl (C=O) groups excluding carboxylic acids is 2. The first-order valence-electron chi connectivity index (χ1n) is 4.57. The highest BCUT2D eigenvalue weighted by Crippen LogP contribution is 2.23. The fourth-order valence-corrected chi connectivity index (χ4v) is 2.03. The molecule has 0 N–H and O–H groups in total. The Morgan fingerprint density at radius 1 is 1.47 bits per heavy atom. The van der Waals surface area contributed by atoms with Crippen molar-refractivity contribution in [3.8, 4) is 0 Å². The molecule has 0 aliphatic heterocycles. The van der Waals surface area contributed by atoms with Crippen LogP contribution in [0, 0.1) is 3.57 Å². The zero-order chi connectivity index (χ0) is 11.4. The molecule has 0 aliphatic carbocycles. The lowest BCUT2D eigenvalue weighted by molar-refractivity contribution is -0.119. The second kappa shape index (κ2) is 5.25. The highest BCUT2D eigenvalue weighted by atomic mass is 127. The van der Waals surface area contributed by atoms with E-state index in [0.717, 1.165) is 15.5 Å². The van der Waals surface area contributed by atoms with Crippen molar-refractivity contribution in [2.45, 2.75) is 19.9 Å². The summed E-state index contributed by atoms with van der Waals surface area (Å²) < 4.78 is 0.957. The van der Waals surface area contributed by atoms with E-state index in [2.05, 4.69) is 22.6 Å². The van der Waals surface area contributed by atoms with Gasteiger partial charge in [-0.05, 0) is 41.6 Å². The summed E-state index contributed by atoms with van der Waals surface area (Å²) >= 11 is 2.15. The van der Waals surface area contributed by atoms with Gasteiger partial charge in [0, 0.05) is 10.5 Å². The van der Waals surface area contributed by atoms with Crippen LogP contribution in [0.4, 0.5) is 5.69 Å². The lowest BCUT2D eigenvalue weighted by atomic mass is 10.2. The van der Waals surface area contributed by atoms with Gasteiger partial charge in [-0.3, -0.25) is 4.79 Å². The normalized spacial score (nSPS) is 11.9. The van der Waals surface area contributed by atoms with Crippen LogP contribution < -0.4 is 4.90 Å². The molecule has 0 fully saturated rings. The van der Waals surface area contributed by atoms with E-state index in [-0.39, 0.29) is 5.91 Å². The van der Waals surface area contributed by atoms with Crippen LogP contribution in [0.15, 0.2) is 24.3 Å². The Morgan fingerprint density at radius 2 is 2.07 bits per heavy atom. The first-order valence-corrected chi connectivity index (χ1v) is 5.65. The number of hydrogen-bond acceptors (Lipinski definition) is 2. The standard InChI is InChI=1S/C11H12INO2/c1-8(7-14)13(9(2)15)11-6-4-3-5-10(11)12/h3-8H,1-2H3/t8-/m1/s1. The van der Waals surface area contributed by atoms with Crippen molar-refractivity contribution < 1.29 is 9.59 Å². The van der Waals surface area contributed by atoms with Gasteiger partial charge in [0.1, 0.15) is 6.29 Å². The van der Waals surface area contributed by atoms with Crippen molar-refractivity contribution in [1.29, 1.82) is 0 Å². The number of anilines is 1. The maximum Gasteiger partial charge on any atom is 0.224 e. The van der Waals surface area contributed by atoms with E-state index in [4.69, 9.17) is 0 Å². The molecule has 0 spiro atoms. The summed E-state index contributed by atoms with van der Waals surface area (Å²) in [4.78, 5) is 23.7. The predicted octanol–water partition coefficient (Wildman–Crippen LogP) is 2.23. The predicted molar refractivity (Wildman–Crippen MR) is 67.8 cm³/mol. The Hall–Kier alpha value is -0.910. The van der Waals surface area contributed by atoms with Gasteiger partial charge in [-0.2, -0.15) is 0 Å². The average molecular weight is 317 g/mol. The van der Waals surface area contributed by atoms with Crippen molar-refractivity contribution in [2.24, 2.45) is 0 Å². The van der Waals surface area contributed by atoms with Gasteiger partial charge in [0.15, 0.2) is 0 Å². The molecule has 0 unspecified atom stereocenters. The SMILES string of the molecule is CC(=O)N(c1ccccc1I)[C@H](C)C=O. The zero-order valence-corrected chi connectivity index (χ0v) is 10.8. The lowest BCUT2D eigenvalue weighted by Gasteiger charge is -2.25. The first-order chi connectivity index (χ1) is 7.07. The molecular weight excluding hydrogens is 305 g/mol. The van der Waals surface area contributed by atoms with Crippen LogP contribution in [-0.2, 0) is 9.59 Å². The van der Waals surface area contributed by atoms with Crippen LogP contribution in [0.1, 0.15) is 13.8 Å². The summed E-state index contributed by atoms with van der Waals surface area (Å²) in [6, 6.07) is 7.06. The van der Waals surface area contributed by atoms with Gasteiger partial charge in [-0.1, -0.05) is 12.1 Å². The van der Waals surface area contributed by atoms with Gasteiger partial charge in [-0.25, -0.2) is 0 Å². The second-order valence-corrected chi connectivity index (χ2v) is 4.38. The molecule has 1 aromatic carbocycles. The minimum atomic E-state index is -0.432. The molecule has 1 amide bonds. The molecule has 0 saturated carbocycles. The summed E-state index contributed by atoms with van der Waals surface area (Å²) in [5.41, 5.74) is 0.783. The molecule has 4 heteroatoms. The molecule has 1 atom stereocenters. The molecule has 0 aliphatic rings. The second-order valence-electron chi connectivity index (χ2n) is 3.22. The van der Waals surface area contributed by atoms with Crippen molar-refractivity contribution in [1.82, 2.24) is 0 Å². The summed E-state index contributed by atoms with van der Waals surface area (Å²) in [7, 11) is 0. The van der Waals surface area contributed by atoms with Crippen LogP contribution in [0.5, 0.6) is 0 Å². The molecule has 0 bridgehead atoms. The third-order valence-electron chi connectivity index (χ3n) is 2.06. The van der Waals surface area contributed by atoms with Crippen LogP contribution in [0.3, 0.4) is 0 Å².